The average molecular weight is 300 g/mol. The quantitative estimate of drug-likeness (QED) is 0.654. The molecule has 7 nitrogen and oxygen atoms in total. The SMILES string of the molecule is COC(=O)[C@]12C[C@@H]3OC(C)(C)O[C@@H]3C(=O)[C@H]1OC(C)(C)O2. The fraction of sp³-hybridized carbons (Fsp3) is 0.857. The van der Waals surface area contributed by atoms with Crippen LogP contribution in [-0.2, 0) is 33.3 Å². The van der Waals surface area contributed by atoms with Crippen molar-refractivity contribution >= 4 is 11.8 Å². The highest BCUT2D eigenvalue weighted by atomic mass is 16.8. The van der Waals surface area contributed by atoms with Gasteiger partial charge < -0.3 is 23.7 Å². The maximum atomic E-state index is 12.7. The number of rotatable bonds is 1. The van der Waals surface area contributed by atoms with Gasteiger partial charge in [-0.25, -0.2) is 4.79 Å². The highest BCUT2D eigenvalue weighted by molar-refractivity contribution is 5.98. The Kier molecular flexibility index (Phi) is 3.02. The molecule has 21 heavy (non-hydrogen) atoms. The van der Waals surface area contributed by atoms with Crippen LogP contribution in [0.2, 0.25) is 0 Å². The van der Waals surface area contributed by atoms with Crippen LogP contribution in [0.5, 0.6) is 0 Å². The summed E-state index contributed by atoms with van der Waals surface area (Å²) in [6, 6.07) is 0. The second-order valence-corrected chi connectivity index (χ2v) is 6.58. The topological polar surface area (TPSA) is 80.3 Å². The van der Waals surface area contributed by atoms with Gasteiger partial charge in [0.2, 0.25) is 5.60 Å². The Morgan fingerprint density at radius 3 is 2.43 bits per heavy atom. The zero-order chi connectivity index (χ0) is 15.6. The summed E-state index contributed by atoms with van der Waals surface area (Å²) in [7, 11) is 1.26. The van der Waals surface area contributed by atoms with Gasteiger partial charge in [-0.05, 0) is 27.7 Å². The average Bonchev–Trinajstić information content (AvgIpc) is 2.81. The summed E-state index contributed by atoms with van der Waals surface area (Å²) >= 11 is 0. The van der Waals surface area contributed by atoms with E-state index in [0.717, 1.165) is 0 Å². The zero-order valence-electron chi connectivity index (χ0n) is 12.8. The Morgan fingerprint density at radius 2 is 1.81 bits per heavy atom. The van der Waals surface area contributed by atoms with E-state index in [4.69, 9.17) is 23.7 Å². The smallest absolute Gasteiger partial charge is 0.341 e. The monoisotopic (exact) mass is 300 g/mol. The van der Waals surface area contributed by atoms with Gasteiger partial charge in [-0.1, -0.05) is 0 Å². The molecule has 4 atom stereocenters. The molecule has 2 saturated heterocycles. The van der Waals surface area contributed by atoms with Gasteiger partial charge in [-0.2, -0.15) is 0 Å². The molecule has 0 radical (unpaired) electrons. The maximum Gasteiger partial charge on any atom is 0.341 e. The van der Waals surface area contributed by atoms with Crippen molar-refractivity contribution in [2.75, 3.05) is 7.11 Å². The van der Waals surface area contributed by atoms with E-state index in [-0.39, 0.29) is 12.2 Å². The van der Waals surface area contributed by atoms with Crippen molar-refractivity contribution in [3.8, 4) is 0 Å². The van der Waals surface area contributed by atoms with Crippen molar-refractivity contribution in [3.05, 3.63) is 0 Å². The van der Waals surface area contributed by atoms with Gasteiger partial charge in [0.05, 0.1) is 13.2 Å². The van der Waals surface area contributed by atoms with Crippen LogP contribution >= 0.6 is 0 Å². The molecule has 1 aliphatic carbocycles. The molecular formula is C14H20O7. The molecule has 0 amide bonds. The molecule has 2 heterocycles. The minimum Gasteiger partial charge on any atom is -0.467 e. The van der Waals surface area contributed by atoms with Gasteiger partial charge in [0.1, 0.15) is 6.10 Å². The van der Waals surface area contributed by atoms with Gasteiger partial charge in [0.15, 0.2) is 23.5 Å². The first kappa shape index (κ1) is 14.9. The van der Waals surface area contributed by atoms with E-state index in [1.165, 1.54) is 7.11 Å². The Morgan fingerprint density at radius 1 is 1.14 bits per heavy atom. The normalized spacial score (nSPS) is 43.3. The molecule has 3 fully saturated rings. The fourth-order valence-corrected chi connectivity index (χ4v) is 3.41. The number of Topliss-reactive ketones (excluding diaryl/α,β-unsaturated/α-hetero) is 1. The van der Waals surface area contributed by atoms with Crippen molar-refractivity contribution in [1.82, 2.24) is 0 Å². The highest BCUT2D eigenvalue weighted by Crippen LogP contribution is 2.48. The lowest BCUT2D eigenvalue weighted by atomic mass is 9.78. The Bertz CT molecular complexity index is 498. The molecular weight excluding hydrogens is 280 g/mol. The van der Waals surface area contributed by atoms with Gasteiger partial charge >= 0.3 is 5.97 Å². The highest BCUT2D eigenvalue weighted by Gasteiger charge is 2.69. The van der Waals surface area contributed by atoms with Crippen molar-refractivity contribution < 1.29 is 33.3 Å². The number of ether oxygens (including phenoxy) is 5. The van der Waals surface area contributed by atoms with E-state index in [0.29, 0.717) is 0 Å². The van der Waals surface area contributed by atoms with Gasteiger partial charge in [0, 0.05) is 6.42 Å². The summed E-state index contributed by atoms with van der Waals surface area (Å²) in [6.07, 6.45) is -2.19. The number of esters is 1. The van der Waals surface area contributed by atoms with Crippen LogP contribution < -0.4 is 0 Å². The van der Waals surface area contributed by atoms with Crippen molar-refractivity contribution in [3.63, 3.8) is 0 Å². The third-order valence-corrected chi connectivity index (χ3v) is 4.01. The number of hydrogen-bond donors (Lipinski definition) is 0. The van der Waals surface area contributed by atoms with E-state index in [2.05, 4.69) is 0 Å². The van der Waals surface area contributed by atoms with Crippen LogP contribution in [0.1, 0.15) is 34.1 Å². The summed E-state index contributed by atoms with van der Waals surface area (Å²) in [5, 5.41) is 0. The third-order valence-electron chi connectivity index (χ3n) is 4.01. The standard InChI is InChI=1S/C14H20O7/c1-12(2)18-7-6-14(11(16)17-5)10(8(15)9(7)19-12)20-13(3,4)21-14/h7,9-10H,6H2,1-5H3/t7-,9-,10+,14-/m0/s1. The Hall–Kier alpha value is -1.02. The number of methoxy groups -OCH3 is 1. The summed E-state index contributed by atoms with van der Waals surface area (Å²) in [5.74, 6) is -2.90. The van der Waals surface area contributed by atoms with Crippen LogP contribution in [0.15, 0.2) is 0 Å². The number of ketones is 1. The predicted molar refractivity (Wildman–Crippen MR) is 68.2 cm³/mol. The predicted octanol–water partition coefficient (Wildman–Crippen LogP) is 0.543. The molecule has 0 N–H and O–H groups in total. The first-order valence-corrected chi connectivity index (χ1v) is 6.96. The lowest BCUT2D eigenvalue weighted by Gasteiger charge is -2.36. The molecule has 118 valence electrons. The summed E-state index contributed by atoms with van der Waals surface area (Å²) in [5.41, 5.74) is -1.47. The molecule has 0 aromatic carbocycles. The minimum atomic E-state index is -1.47. The van der Waals surface area contributed by atoms with Crippen molar-refractivity contribution in [2.24, 2.45) is 0 Å². The summed E-state index contributed by atoms with van der Waals surface area (Å²) in [4.78, 5) is 24.9. The lowest BCUT2D eigenvalue weighted by molar-refractivity contribution is -0.196. The van der Waals surface area contributed by atoms with E-state index < -0.39 is 41.5 Å². The zero-order valence-corrected chi connectivity index (χ0v) is 12.8. The second-order valence-electron chi connectivity index (χ2n) is 6.58. The number of fused-ring (bicyclic) bond motifs is 2. The molecule has 2 aliphatic heterocycles. The van der Waals surface area contributed by atoms with Crippen LogP contribution in [0.4, 0.5) is 0 Å². The summed E-state index contributed by atoms with van der Waals surface area (Å²) < 4.78 is 27.7. The minimum absolute atomic E-state index is 0.160. The lowest BCUT2D eigenvalue weighted by Crippen LogP contribution is -2.62. The van der Waals surface area contributed by atoms with Gasteiger partial charge in [-0.15, -0.1) is 0 Å². The molecule has 3 aliphatic rings. The molecule has 7 heteroatoms. The number of carbonyl (C=O) groups excluding carboxylic acids is 2. The Balaban J connectivity index is 2.00. The first-order chi connectivity index (χ1) is 9.60. The van der Waals surface area contributed by atoms with Crippen LogP contribution in [0.25, 0.3) is 0 Å². The molecule has 3 rings (SSSR count). The van der Waals surface area contributed by atoms with Crippen LogP contribution in [0.3, 0.4) is 0 Å². The van der Waals surface area contributed by atoms with Crippen molar-refractivity contribution in [1.29, 1.82) is 0 Å². The van der Waals surface area contributed by atoms with Gasteiger partial charge in [0.25, 0.3) is 0 Å². The molecule has 1 saturated carbocycles. The largest absolute Gasteiger partial charge is 0.467 e. The van der Waals surface area contributed by atoms with E-state index in [9.17, 15) is 9.59 Å². The molecule has 0 aromatic heterocycles. The molecule has 0 unspecified atom stereocenters. The fourth-order valence-electron chi connectivity index (χ4n) is 3.41. The van der Waals surface area contributed by atoms with Crippen LogP contribution in [-0.4, -0.2) is 54.3 Å². The van der Waals surface area contributed by atoms with Gasteiger partial charge in [-0.3, -0.25) is 4.79 Å². The molecule has 0 bridgehead atoms. The Labute approximate surface area is 122 Å². The van der Waals surface area contributed by atoms with Crippen molar-refractivity contribution in [2.45, 2.75) is 69.6 Å². The van der Waals surface area contributed by atoms with E-state index in [1.54, 1.807) is 27.7 Å². The first-order valence-electron chi connectivity index (χ1n) is 6.96. The third kappa shape index (κ3) is 2.11. The number of hydrogen-bond acceptors (Lipinski definition) is 7. The molecule has 0 aromatic rings. The summed E-state index contributed by atoms with van der Waals surface area (Å²) in [6.45, 7) is 6.77. The second kappa shape index (κ2) is 4.25. The van der Waals surface area contributed by atoms with Crippen LogP contribution in [0, 0.1) is 0 Å². The number of carbonyl (C=O) groups is 2. The van der Waals surface area contributed by atoms with E-state index >= 15 is 0 Å². The molecule has 0 spiro atoms. The maximum absolute atomic E-state index is 12.7. The van der Waals surface area contributed by atoms with E-state index in [1.807, 2.05) is 0 Å².